The molecular formula is C15H18N4S. The van der Waals surface area contributed by atoms with Gasteiger partial charge in [0.15, 0.2) is 4.64 Å². The van der Waals surface area contributed by atoms with Crippen LogP contribution in [0.15, 0.2) is 0 Å². The number of H-pyrrole nitrogens is 1. The van der Waals surface area contributed by atoms with Crippen LogP contribution in [0.4, 0.5) is 0 Å². The van der Waals surface area contributed by atoms with Crippen LogP contribution < -0.4 is 0 Å². The van der Waals surface area contributed by atoms with Crippen molar-refractivity contribution in [1.82, 2.24) is 14.5 Å². The number of nitriles is 1. The number of aromatic nitrogens is 3. The van der Waals surface area contributed by atoms with Crippen LogP contribution >= 0.6 is 12.2 Å². The van der Waals surface area contributed by atoms with Gasteiger partial charge >= 0.3 is 0 Å². The van der Waals surface area contributed by atoms with Crippen molar-refractivity contribution in [3.05, 3.63) is 21.7 Å². The van der Waals surface area contributed by atoms with Gasteiger partial charge in [-0.05, 0) is 19.3 Å². The lowest BCUT2D eigenvalue weighted by Gasteiger charge is -2.07. The highest BCUT2D eigenvalue weighted by atomic mass is 32.1. The largest absolute Gasteiger partial charge is 0.341 e. The second-order valence-corrected chi connectivity index (χ2v) is 6.09. The van der Waals surface area contributed by atoms with E-state index < -0.39 is 0 Å². The SMILES string of the molecule is CC(C)c1nc(=S)c2c([nH]1)c(C#N)c1n2CCCCC1. The zero-order valence-corrected chi connectivity index (χ0v) is 12.7. The van der Waals surface area contributed by atoms with Crippen LogP contribution in [-0.4, -0.2) is 14.5 Å². The number of aryl methyl sites for hydroxylation is 1. The Morgan fingerprint density at radius 3 is 2.85 bits per heavy atom. The van der Waals surface area contributed by atoms with Crippen molar-refractivity contribution in [1.29, 1.82) is 5.26 Å². The molecule has 1 aliphatic heterocycles. The molecule has 0 saturated heterocycles. The van der Waals surface area contributed by atoms with Crippen molar-refractivity contribution in [3.63, 3.8) is 0 Å². The van der Waals surface area contributed by atoms with Crippen molar-refractivity contribution in [2.75, 3.05) is 0 Å². The summed E-state index contributed by atoms with van der Waals surface area (Å²) in [5.41, 5.74) is 3.72. The minimum atomic E-state index is 0.271. The summed E-state index contributed by atoms with van der Waals surface area (Å²) in [6.45, 7) is 5.09. The highest BCUT2D eigenvalue weighted by Crippen LogP contribution is 2.29. The van der Waals surface area contributed by atoms with Gasteiger partial charge in [-0.25, -0.2) is 4.98 Å². The molecular weight excluding hydrogens is 268 g/mol. The Bertz CT molecular complexity index is 761. The minimum absolute atomic E-state index is 0.271. The number of aromatic amines is 1. The third-order valence-electron chi connectivity index (χ3n) is 4.00. The minimum Gasteiger partial charge on any atom is -0.341 e. The lowest BCUT2D eigenvalue weighted by Crippen LogP contribution is -2.03. The van der Waals surface area contributed by atoms with E-state index >= 15 is 0 Å². The highest BCUT2D eigenvalue weighted by Gasteiger charge is 2.21. The summed E-state index contributed by atoms with van der Waals surface area (Å²) in [6, 6.07) is 2.37. The van der Waals surface area contributed by atoms with E-state index in [2.05, 4.69) is 34.5 Å². The molecule has 1 aliphatic rings. The molecule has 0 atom stereocenters. The van der Waals surface area contributed by atoms with Crippen molar-refractivity contribution in [2.24, 2.45) is 0 Å². The maximum absolute atomic E-state index is 9.55. The van der Waals surface area contributed by atoms with Crippen molar-refractivity contribution in [3.8, 4) is 6.07 Å². The van der Waals surface area contributed by atoms with E-state index in [1.54, 1.807) is 0 Å². The third-order valence-corrected chi connectivity index (χ3v) is 4.29. The second kappa shape index (κ2) is 5.02. The van der Waals surface area contributed by atoms with Gasteiger partial charge in [0.25, 0.3) is 0 Å². The van der Waals surface area contributed by atoms with Gasteiger partial charge in [0.2, 0.25) is 0 Å². The van der Waals surface area contributed by atoms with Gasteiger partial charge in [0, 0.05) is 18.2 Å². The van der Waals surface area contributed by atoms with Gasteiger partial charge < -0.3 is 9.55 Å². The molecule has 3 rings (SSSR count). The molecule has 4 nitrogen and oxygen atoms in total. The number of rotatable bonds is 1. The maximum atomic E-state index is 9.55. The zero-order chi connectivity index (χ0) is 14.3. The van der Waals surface area contributed by atoms with Gasteiger partial charge in [-0.3, -0.25) is 0 Å². The fraction of sp³-hybridized carbons (Fsp3) is 0.533. The van der Waals surface area contributed by atoms with Crippen molar-refractivity contribution >= 4 is 23.3 Å². The number of nitrogens with one attached hydrogen (secondary N) is 1. The summed E-state index contributed by atoms with van der Waals surface area (Å²) in [7, 11) is 0. The number of hydrogen-bond acceptors (Lipinski definition) is 3. The monoisotopic (exact) mass is 286 g/mol. The average molecular weight is 286 g/mol. The predicted octanol–water partition coefficient (Wildman–Crippen LogP) is 3.82. The molecule has 3 heterocycles. The van der Waals surface area contributed by atoms with E-state index in [4.69, 9.17) is 12.2 Å². The molecule has 2 aromatic rings. The average Bonchev–Trinajstić information content (AvgIpc) is 2.57. The Labute approximate surface area is 123 Å². The van der Waals surface area contributed by atoms with Crippen LogP contribution in [0, 0.1) is 16.0 Å². The maximum Gasteiger partial charge on any atom is 0.154 e. The number of nitrogens with zero attached hydrogens (tertiary/aromatic N) is 3. The molecule has 20 heavy (non-hydrogen) atoms. The predicted molar refractivity (Wildman–Crippen MR) is 81.3 cm³/mol. The fourth-order valence-corrected chi connectivity index (χ4v) is 3.28. The first-order valence-electron chi connectivity index (χ1n) is 7.19. The van der Waals surface area contributed by atoms with Crippen LogP contribution in [0.5, 0.6) is 0 Å². The summed E-state index contributed by atoms with van der Waals surface area (Å²) in [5.74, 6) is 1.13. The van der Waals surface area contributed by atoms with E-state index in [1.807, 2.05) is 0 Å². The molecule has 1 N–H and O–H groups in total. The highest BCUT2D eigenvalue weighted by molar-refractivity contribution is 7.71. The smallest absolute Gasteiger partial charge is 0.154 e. The summed E-state index contributed by atoms with van der Waals surface area (Å²) in [4.78, 5) is 7.86. The molecule has 5 heteroatoms. The van der Waals surface area contributed by atoms with Crippen LogP contribution in [-0.2, 0) is 13.0 Å². The molecule has 2 aromatic heterocycles. The Kier molecular flexibility index (Phi) is 3.35. The van der Waals surface area contributed by atoms with Crippen molar-refractivity contribution < 1.29 is 0 Å². The summed E-state index contributed by atoms with van der Waals surface area (Å²) >= 11 is 5.49. The van der Waals surface area contributed by atoms with Crippen LogP contribution in [0.2, 0.25) is 0 Å². The van der Waals surface area contributed by atoms with Gasteiger partial charge in [0.1, 0.15) is 17.4 Å². The molecule has 104 valence electrons. The first-order valence-corrected chi connectivity index (χ1v) is 7.59. The molecule has 0 saturated carbocycles. The first-order chi connectivity index (χ1) is 9.63. The van der Waals surface area contributed by atoms with E-state index in [9.17, 15) is 5.26 Å². The second-order valence-electron chi connectivity index (χ2n) is 5.70. The Hall–Kier alpha value is -1.67. The summed E-state index contributed by atoms with van der Waals surface area (Å²) in [5, 5.41) is 9.55. The Morgan fingerprint density at radius 2 is 2.15 bits per heavy atom. The van der Waals surface area contributed by atoms with E-state index in [1.165, 1.54) is 6.42 Å². The molecule has 0 bridgehead atoms. The van der Waals surface area contributed by atoms with Gasteiger partial charge in [0.05, 0.1) is 11.1 Å². The summed E-state index contributed by atoms with van der Waals surface area (Å²) < 4.78 is 2.84. The normalized spacial score (nSPS) is 15.1. The number of fused-ring (bicyclic) bond motifs is 3. The van der Waals surface area contributed by atoms with Gasteiger partial charge in [-0.2, -0.15) is 5.26 Å². The molecule has 0 radical (unpaired) electrons. The number of hydrogen-bond donors (Lipinski definition) is 1. The molecule has 0 aromatic carbocycles. The van der Waals surface area contributed by atoms with Crippen LogP contribution in [0.25, 0.3) is 11.0 Å². The van der Waals surface area contributed by atoms with E-state index in [0.717, 1.165) is 53.9 Å². The molecule has 0 spiro atoms. The summed E-state index contributed by atoms with van der Waals surface area (Å²) in [6.07, 6.45) is 4.45. The zero-order valence-electron chi connectivity index (χ0n) is 11.9. The lowest BCUT2D eigenvalue weighted by atomic mass is 10.1. The first kappa shape index (κ1) is 13.3. The molecule has 0 aliphatic carbocycles. The van der Waals surface area contributed by atoms with E-state index in [-0.39, 0.29) is 5.92 Å². The third kappa shape index (κ3) is 1.95. The Morgan fingerprint density at radius 1 is 1.35 bits per heavy atom. The van der Waals surface area contributed by atoms with Crippen LogP contribution in [0.3, 0.4) is 0 Å². The Balaban J connectivity index is 2.40. The van der Waals surface area contributed by atoms with Crippen LogP contribution in [0.1, 0.15) is 56.1 Å². The van der Waals surface area contributed by atoms with Gasteiger partial charge in [-0.1, -0.05) is 32.5 Å². The molecule has 0 amide bonds. The van der Waals surface area contributed by atoms with Gasteiger partial charge in [-0.15, -0.1) is 0 Å². The quantitative estimate of drug-likeness (QED) is 0.811. The van der Waals surface area contributed by atoms with E-state index in [0.29, 0.717) is 4.64 Å². The molecule has 0 fully saturated rings. The lowest BCUT2D eigenvalue weighted by molar-refractivity contribution is 0.647. The van der Waals surface area contributed by atoms with Crippen molar-refractivity contribution in [2.45, 2.75) is 52.0 Å². The molecule has 0 unspecified atom stereocenters. The standard InChI is InChI=1S/C15H18N4S/c1-9(2)14-17-12-10(8-16)11-6-4-3-5-7-19(11)13(12)15(20)18-14/h9H,3-7H2,1-2H3,(H,17,18,20). The fourth-order valence-electron chi connectivity index (χ4n) is 2.97. The topological polar surface area (TPSA) is 57.4 Å².